The number of fused-ring (bicyclic) bond motifs is 9. The molecule has 3 N–H and O–H groups in total. The van der Waals surface area contributed by atoms with Gasteiger partial charge in [-0.3, -0.25) is 19.4 Å². The lowest BCUT2D eigenvalue weighted by atomic mass is 10.1. The monoisotopic (exact) mass is 480 g/mol. The Bertz CT molecular complexity index is 1070. The molecule has 3 aliphatic rings. The van der Waals surface area contributed by atoms with Gasteiger partial charge in [0.25, 0.3) is 5.91 Å². The first-order chi connectivity index (χ1) is 16.8. The molecule has 0 saturated carbocycles. The van der Waals surface area contributed by atoms with Gasteiger partial charge in [0.2, 0.25) is 11.8 Å². The molecule has 2 aromatic rings. The van der Waals surface area contributed by atoms with Gasteiger partial charge >= 0.3 is 0 Å². The molecule has 4 heterocycles. The highest BCUT2D eigenvalue weighted by Gasteiger charge is 2.35. The van der Waals surface area contributed by atoms with E-state index >= 15 is 0 Å². The van der Waals surface area contributed by atoms with Crippen molar-refractivity contribution < 1.29 is 19.1 Å². The van der Waals surface area contributed by atoms with Gasteiger partial charge in [0.05, 0.1) is 19.1 Å². The van der Waals surface area contributed by atoms with E-state index in [1.54, 1.807) is 48.3 Å². The fourth-order valence-corrected chi connectivity index (χ4v) is 4.43. The summed E-state index contributed by atoms with van der Waals surface area (Å²) in [6.07, 6.45) is 2.30. The average Bonchev–Trinajstić information content (AvgIpc) is 3.22. The molecule has 10 nitrogen and oxygen atoms in total. The van der Waals surface area contributed by atoms with Crippen LogP contribution in [0.2, 0.25) is 0 Å². The number of nitrogens with one attached hydrogen (secondary N) is 1. The SMILES string of the molecule is CN(C)CC(=O)N1CCNC(=O)c2ccc(cc2)-c2ncccc2OC[C@@H]2C[C@H](N)CN2C(=O)C1. The second-order valence-corrected chi connectivity index (χ2v) is 9.24. The Kier molecular flexibility index (Phi) is 7.62. The predicted molar refractivity (Wildman–Crippen MR) is 131 cm³/mol. The van der Waals surface area contributed by atoms with Gasteiger partial charge in [-0.25, -0.2) is 0 Å². The highest BCUT2D eigenvalue weighted by Crippen LogP contribution is 2.29. The Morgan fingerprint density at radius 1 is 1.20 bits per heavy atom. The topological polar surface area (TPSA) is 121 Å². The van der Waals surface area contributed by atoms with Gasteiger partial charge in [-0.1, -0.05) is 12.1 Å². The summed E-state index contributed by atoms with van der Waals surface area (Å²) in [5, 5.41) is 2.85. The average molecular weight is 481 g/mol. The third kappa shape index (κ3) is 5.95. The van der Waals surface area contributed by atoms with Gasteiger partial charge in [0.1, 0.15) is 18.1 Å². The molecular weight excluding hydrogens is 448 g/mol. The Morgan fingerprint density at radius 3 is 2.69 bits per heavy atom. The van der Waals surface area contributed by atoms with E-state index in [9.17, 15) is 14.4 Å². The first-order valence-electron chi connectivity index (χ1n) is 11.8. The van der Waals surface area contributed by atoms with E-state index in [4.69, 9.17) is 10.5 Å². The molecule has 186 valence electrons. The molecule has 0 aliphatic carbocycles. The molecule has 3 amide bonds. The van der Waals surface area contributed by atoms with E-state index < -0.39 is 0 Å². The van der Waals surface area contributed by atoms with Crippen LogP contribution in [-0.4, -0.2) is 103 Å². The van der Waals surface area contributed by atoms with Crippen LogP contribution < -0.4 is 15.8 Å². The molecule has 0 radical (unpaired) electrons. The lowest BCUT2D eigenvalue weighted by Crippen LogP contribution is -2.49. The Morgan fingerprint density at radius 2 is 1.94 bits per heavy atom. The maximum Gasteiger partial charge on any atom is 0.251 e. The van der Waals surface area contributed by atoms with Crippen LogP contribution in [-0.2, 0) is 9.59 Å². The van der Waals surface area contributed by atoms with E-state index in [1.807, 2.05) is 18.2 Å². The van der Waals surface area contributed by atoms with Crippen molar-refractivity contribution in [3.63, 3.8) is 0 Å². The molecule has 5 rings (SSSR count). The predicted octanol–water partition coefficient (Wildman–Crippen LogP) is 0.189. The zero-order chi connectivity index (χ0) is 24.9. The van der Waals surface area contributed by atoms with Crippen LogP contribution in [0, 0.1) is 0 Å². The van der Waals surface area contributed by atoms with Crippen molar-refractivity contribution >= 4 is 17.7 Å². The maximum absolute atomic E-state index is 13.3. The molecular formula is C25H32N6O4. The van der Waals surface area contributed by atoms with Gasteiger partial charge in [-0.05, 0) is 44.8 Å². The lowest BCUT2D eigenvalue weighted by molar-refractivity contribution is -0.141. The van der Waals surface area contributed by atoms with Gasteiger partial charge in [0.15, 0.2) is 0 Å². The van der Waals surface area contributed by atoms with Crippen LogP contribution in [0.5, 0.6) is 5.75 Å². The molecule has 10 heteroatoms. The molecule has 0 spiro atoms. The third-order valence-electron chi connectivity index (χ3n) is 6.19. The number of hydrogen-bond acceptors (Lipinski definition) is 7. The molecule has 0 unspecified atom stereocenters. The van der Waals surface area contributed by atoms with Gasteiger partial charge in [-0.15, -0.1) is 0 Å². The summed E-state index contributed by atoms with van der Waals surface area (Å²) in [6.45, 7) is 1.20. The fourth-order valence-electron chi connectivity index (χ4n) is 4.43. The summed E-state index contributed by atoms with van der Waals surface area (Å²) >= 11 is 0. The summed E-state index contributed by atoms with van der Waals surface area (Å²) in [4.78, 5) is 48.2. The lowest BCUT2D eigenvalue weighted by Gasteiger charge is -2.29. The van der Waals surface area contributed by atoms with Crippen molar-refractivity contribution in [2.24, 2.45) is 5.73 Å². The van der Waals surface area contributed by atoms with E-state index in [0.717, 1.165) is 5.56 Å². The molecule has 1 fully saturated rings. The van der Waals surface area contributed by atoms with E-state index in [2.05, 4.69) is 10.3 Å². The van der Waals surface area contributed by atoms with Crippen molar-refractivity contribution in [1.29, 1.82) is 0 Å². The quantitative estimate of drug-likeness (QED) is 0.629. The molecule has 2 bridgehead atoms. The first-order valence-corrected chi connectivity index (χ1v) is 11.8. The largest absolute Gasteiger partial charge is 0.489 e. The number of rotatable bonds is 2. The van der Waals surface area contributed by atoms with Crippen LogP contribution in [0.25, 0.3) is 11.3 Å². The summed E-state index contributed by atoms with van der Waals surface area (Å²) < 4.78 is 6.15. The number of likely N-dealkylation sites (N-methyl/N-ethyl adjacent to an activating group) is 1. The Labute approximate surface area is 205 Å². The first kappa shape index (κ1) is 24.6. The number of carbonyl (C=O) groups is 3. The number of benzene rings is 1. The highest BCUT2D eigenvalue weighted by molar-refractivity contribution is 5.94. The van der Waals surface area contributed by atoms with Crippen LogP contribution in [0.4, 0.5) is 0 Å². The van der Waals surface area contributed by atoms with E-state index in [0.29, 0.717) is 30.0 Å². The molecule has 3 aliphatic heterocycles. The molecule has 1 aromatic heterocycles. The van der Waals surface area contributed by atoms with Crippen LogP contribution in [0.3, 0.4) is 0 Å². The molecule has 35 heavy (non-hydrogen) atoms. The minimum absolute atomic E-state index is 0.0851. The minimum Gasteiger partial charge on any atom is -0.489 e. The zero-order valence-electron chi connectivity index (χ0n) is 20.1. The number of amides is 3. The van der Waals surface area contributed by atoms with Crippen LogP contribution in [0.1, 0.15) is 16.8 Å². The Hall–Kier alpha value is -3.50. The highest BCUT2D eigenvalue weighted by atomic mass is 16.5. The summed E-state index contributed by atoms with van der Waals surface area (Å²) in [7, 11) is 3.59. The Balaban J connectivity index is 1.64. The number of pyridine rings is 1. The molecule has 1 aromatic carbocycles. The summed E-state index contributed by atoms with van der Waals surface area (Å²) in [5.74, 6) is -0.0380. The number of hydrogen-bond donors (Lipinski definition) is 2. The fraction of sp³-hybridized carbons (Fsp3) is 0.440. The molecule has 2 atom stereocenters. The second kappa shape index (κ2) is 10.8. The zero-order valence-corrected chi connectivity index (χ0v) is 20.1. The smallest absolute Gasteiger partial charge is 0.251 e. The number of nitrogens with two attached hydrogens (primary N) is 1. The van der Waals surface area contributed by atoms with Gasteiger partial charge < -0.3 is 30.5 Å². The summed E-state index contributed by atoms with van der Waals surface area (Å²) in [6, 6.07) is 10.4. The summed E-state index contributed by atoms with van der Waals surface area (Å²) in [5.41, 5.74) is 8.17. The van der Waals surface area contributed by atoms with Crippen molar-refractivity contribution in [3.05, 3.63) is 48.2 Å². The molecule has 1 saturated heterocycles. The number of carbonyl (C=O) groups excluding carboxylic acids is 3. The van der Waals surface area contributed by atoms with Crippen LogP contribution in [0.15, 0.2) is 42.6 Å². The minimum atomic E-state index is -0.254. The number of ether oxygens (including phenoxy) is 1. The van der Waals surface area contributed by atoms with E-state index in [-0.39, 0.29) is 62.6 Å². The standard InChI is InChI=1S/C25H32N6O4/c1-29(2)14-22(32)30-11-10-28-25(34)18-7-5-17(6-8-18)24-21(4-3-9-27-24)35-16-20-12-19(26)13-31(20)23(33)15-30/h3-9,19-20H,10-16,26H2,1-2H3,(H,28,34)/t19-,20-/m0/s1. The van der Waals surface area contributed by atoms with Crippen molar-refractivity contribution in [2.45, 2.75) is 18.5 Å². The van der Waals surface area contributed by atoms with E-state index in [1.165, 1.54) is 4.90 Å². The van der Waals surface area contributed by atoms with Crippen LogP contribution >= 0.6 is 0 Å². The van der Waals surface area contributed by atoms with Gasteiger partial charge in [0, 0.05) is 43.0 Å². The third-order valence-corrected chi connectivity index (χ3v) is 6.19. The van der Waals surface area contributed by atoms with Crippen molar-refractivity contribution in [2.75, 3.05) is 53.4 Å². The second-order valence-electron chi connectivity index (χ2n) is 9.24. The number of aromatic nitrogens is 1. The maximum atomic E-state index is 13.3. The van der Waals surface area contributed by atoms with Gasteiger partial charge in [-0.2, -0.15) is 0 Å². The van der Waals surface area contributed by atoms with Crippen molar-refractivity contribution in [1.82, 2.24) is 25.0 Å². The normalized spacial score (nSPS) is 21.3. The van der Waals surface area contributed by atoms with Crippen molar-refractivity contribution in [3.8, 4) is 17.0 Å². The number of nitrogens with zero attached hydrogens (tertiary/aromatic N) is 4.